The molecule has 0 aromatic carbocycles. The summed E-state index contributed by atoms with van der Waals surface area (Å²) in [6.07, 6.45) is 3.42. The maximum atomic E-state index is 11.6. The number of carbonyl (C=O) groups excluding carboxylic acids is 1. The molecule has 0 saturated heterocycles. The largest absolute Gasteiger partial charge is 0.465 e. The van der Waals surface area contributed by atoms with Gasteiger partial charge in [-0.15, -0.1) is 0 Å². The average molecular weight is 317 g/mol. The zero-order chi connectivity index (χ0) is 15.0. The number of carbonyl (C=O) groups is 1. The number of thioether (sulfide) groups is 1. The van der Waals surface area contributed by atoms with Gasteiger partial charge in [-0.1, -0.05) is 25.1 Å². The molecule has 1 atom stereocenters. The van der Waals surface area contributed by atoms with Gasteiger partial charge in [0, 0.05) is 12.2 Å². The van der Waals surface area contributed by atoms with E-state index >= 15 is 0 Å². The first kappa shape index (κ1) is 17.4. The van der Waals surface area contributed by atoms with Gasteiger partial charge < -0.3 is 10.5 Å². The third kappa shape index (κ3) is 5.76. The number of hydrogen-bond acceptors (Lipinski definition) is 7. The minimum absolute atomic E-state index is 0.315. The van der Waals surface area contributed by atoms with E-state index in [9.17, 15) is 4.79 Å². The highest BCUT2D eigenvalue weighted by atomic mass is 32.2. The van der Waals surface area contributed by atoms with Gasteiger partial charge in [-0.3, -0.25) is 4.79 Å². The second-order valence-electron chi connectivity index (χ2n) is 4.77. The summed E-state index contributed by atoms with van der Waals surface area (Å²) >= 11 is 3.17. The van der Waals surface area contributed by atoms with Gasteiger partial charge in [-0.05, 0) is 38.2 Å². The summed E-state index contributed by atoms with van der Waals surface area (Å²) in [6.45, 7) is 5.94. The molecule has 0 fully saturated rings. The number of nitrogens with zero attached hydrogens (tertiary/aromatic N) is 2. The van der Waals surface area contributed by atoms with Crippen LogP contribution in [0, 0.1) is 0 Å². The Balaban J connectivity index is 2.19. The van der Waals surface area contributed by atoms with Gasteiger partial charge in [0.1, 0.15) is 11.4 Å². The van der Waals surface area contributed by atoms with Crippen molar-refractivity contribution in [3.8, 4) is 0 Å². The Bertz CT molecular complexity index is 422. The minimum atomic E-state index is -0.876. The van der Waals surface area contributed by atoms with Gasteiger partial charge in [-0.25, -0.2) is 4.98 Å². The normalized spacial score (nSPS) is 14.0. The van der Waals surface area contributed by atoms with Crippen LogP contribution >= 0.6 is 23.3 Å². The van der Waals surface area contributed by atoms with E-state index in [0.29, 0.717) is 13.0 Å². The van der Waals surface area contributed by atoms with Gasteiger partial charge in [0.15, 0.2) is 4.34 Å². The first-order chi connectivity index (χ1) is 9.49. The van der Waals surface area contributed by atoms with E-state index in [4.69, 9.17) is 10.5 Å². The number of ether oxygens (including phenoxy) is 1. The van der Waals surface area contributed by atoms with Crippen molar-refractivity contribution in [2.24, 2.45) is 5.73 Å². The number of esters is 1. The third-order valence-electron chi connectivity index (χ3n) is 2.82. The van der Waals surface area contributed by atoms with E-state index in [-0.39, 0.29) is 5.97 Å². The smallest absolute Gasteiger partial charge is 0.325 e. The topological polar surface area (TPSA) is 78.1 Å². The average Bonchev–Trinajstić information content (AvgIpc) is 2.86. The summed E-state index contributed by atoms with van der Waals surface area (Å²) in [5.41, 5.74) is 5.08. The molecule has 1 unspecified atom stereocenters. The fourth-order valence-corrected chi connectivity index (χ4v) is 3.36. The summed E-state index contributed by atoms with van der Waals surface area (Å²) in [7, 11) is 0. The summed E-state index contributed by atoms with van der Waals surface area (Å²) < 4.78 is 10.2. The second-order valence-corrected chi connectivity index (χ2v) is 6.87. The van der Waals surface area contributed by atoms with E-state index < -0.39 is 5.54 Å². The maximum Gasteiger partial charge on any atom is 0.325 e. The molecule has 0 bridgehead atoms. The fourth-order valence-electron chi connectivity index (χ4n) is 1.59. The molecule has 0 aliphatic carbocycles. The van der Waals surface area contributed by atoms with Gasteiger partial charge in [0.2, 0.25) is 0 Å². The molecule has 5 nitrogen and oxygen atoms in total. The summed E-state index contributed by atoms with van der Waals surface area (Å²) in [5.74, 6) is 1.57. The molecule has 0 aliphatic rings. The van der Waals surface area contributed by atoms with Crippen molar-refractivity contribution in [3.63, 3.8) is 0 Å². The van der Waals surface area contributed by atoms with Crippen LogP contribution in [0.3, 0.4) is 0 Å². The number of unbranched alkanes of at least 4 members (excludes halogenated alkanes) is 1. The summed E-state index contributed by atoms with van der Waals surface area (Å²) in [5, 5.41) is 0. The molecular formula is C13H23N3O2S2. The highest BCUT2D eigenvalue weighted by Crippen LogP contribution is 2.22. The lowest BCUT2D eigenvalue weighted by Gasteiger charge is -2.21. The molecule has 114 valence electrons. The molecule has 1 heterocycles. The second kappa shape index (κ2) is 8.59. The first-order valence-corrected chi connectivity index (χ1v) is 8.67. The minimum Gasteiger partial charge on any atom is -0.465 e. The molecule has 0 amide bonds. The van der Waals surface area contributed by atoms with Crippen molar-refractivity contribution >= 4 is 29.3 Å². The van der Waals surface area contributed by atoms with Crippen molar-refractivity contribution in [1.82, 2.24) is 9.36 Å². The maximum absolute atomic E-state index is 11.6. The first-order valence-electron chi connectivity index (χ1n) is 6.91. The Hall–Kier alpha value is -0.660. The van der Waals surface area contributed by atoms with E-state index in [2.05, 4.69) is 9.36 Å². The van der Waals surface area contributed by atoms with E-state index in [1.165, 1.54) is 11.5 Å². The zero-order valence-electron chi connectivity index (χ0n) is 12.3. The van der Waals surface area contributed by atoms with Crippen LogP contribution in [0.25, 0.3) is 0 Å². The number of aryl methyl sites for hydroxylation is 1. The Morgan fingerprint density at radius 1 is 1.45 bits per heavy atom. The molecule has 1 rings (SSSR count). The van der Waals surface area contributed by atoms with Crippen molar-refractivity contribution in [3.05, 3.63) is 5.82 Å². The lowest BCUT2D eigenvalue weighted by molar-refractivity contribution is -0.149. The van der Waals surface area contributed by atoms with Crippen LogP contribution in [-0.4, -0.2) is 33.2 Å². The molecule has 0 aliphatic heterocycles. The Morgan fingerprint density at radius 2 is 2.20 bits per heavy atom. The fraction of sp³-hybridized carbons (Fsp3) is 0.769. The van der Waals surface area contributed by atoms with Gasteiger partial charge in [-0.2, -0.15) is 4.37 Å². The highest BCUT2D eigenvalue weighted by molar-refractivity contribution is 8.00. The van der Waals surface area contributed by atoms with Crippen LogP contribution in [0.1, 0.15) is 45.9 Å². The molecule has 1 aromatic heterocycles. The van der Waals surface area contributed by atoms with Gasteiger partial charge in [0.25, 0.3) is 0 Å². The Labute approximate surface area is 128 Å². The standard InChI is InChI=1S/C13H23N3O2S2/c1-4-10-15-12(20-16-10)19-9-7-6-8-13(3,14)11(17)18-5-2/h4-9,14H2,1-3H3. The zero-order valence-corrected chi connectivity index (χ0v) is 14.0. The summed E-state index contributed by atoms with van der Waals surface area (Å²) in [6, 6.07) is 0. The van der Waals surface area contributed by atoms with Gasteiger partial charge >= 0.3 is 5.97 Å². The molecule has 0 saturated carbocycles. The van der Waals surface area contributed by atoms with Crippen molar-refractivity contribution in [1.29, 1.82) is 0 Å². The third-order valence-corrected chi connectivity index (χ3v) is 4.78. The van der Waals surface area contributed by atoms with E-state index in [1.807, 2.05) is 6.92 Å². The Kier molecular flexibility index (Phi) is 7.47. The predicted octanol–water partition coefficient (Wildman–Crippen LogP) is 2.64. The molecule has 0 spiro atoms. The van der Waals surface area contributed by atoms with Crippen molar-refractivity contribution in [2.45, 2.75) is 56.3 Å². The molecule has 2 N–H and O–H groups in total. The summed E-state index contributed by atoms with van der Waals surface area (Å²) in [4.78, 5) is 16.0. The van der Waals surface area contributed by atoms with E-state index in [1.54, 1.807) is 25.6 Å². The van der Waals surface area contributed by atoms with Crippen LogP contribution in [0.15, 0.2) is 4.34 Å². The lowest BCUT2D eigenvalue weighted by Crippen LogP contribution is -2.46. The SMILES string of the molecule is CCOC(=O)C(C)(N)CCCCSc1nc(CC)ns1. The predicted molar refractivity (Wildman–Crippen MR) is 83.1 cm³/mol. The molecule has 1 aromatic rings. The van der Waals surface area contributed by atoms with Crippen LogP contribution in [0.5, 0.6) is 0 Å². The van der Waals surface area contributed by atoms with Crippen LogP contribution in [-0.2, 0) is 16.0 Å². The number of aromatic nitrogens is 2. The molecular weight excluding hydrogens is 294 g/mol. The van der Waals surface area contributed by atoms with Gasteiger partial charge in [0.05, 0.1) is 6.61 Å². The number of hydrogen-bond donors (Lipinski definition) is 1. The van der Waals surface area contributed by atoms with Crippen LogP contribution in [0.2, 0.25) is 0 Å². The molecule has 0 radical (unpaired) electrons. The quantitative estimate of drug-likeness (QED) is 0.428. The van der Waals surface area contributed by atoms with Crippen LogP contribution in [0.4, 0.5) is 0 Å². The molecule has 7 heteroatoms. The number of rotatable bonds is 9. The lowest BCUT2D eigenvalue weighted by atomic mass is 9.96. The van der Waals surface area contributed by atoms with Crippen LogP contribution < -0.4 is 5.73 Å². The van der Waals surface area contributed by atoms with Crippen molar-refractivity contribution in [2.75, 3.05) is 12.4 Å². The Morgan fingerprint density at radius 3 is 2.80 bits per heavy atom. The number of nitrogens with two attached hydrogens (primary N) is 1. The van der Waals surface area contributed by atoms with Crippen molar-refractivity contribution < 1.29 is 9.53 Å². The highest BCUT2D eigenvalue weighted by Gasteiger charge is 2.28. The molecule has 20 heavy (non-hydrogen) atoms. The monoisotopic (exact) mass is 317 g/mol. The van der Waals surface area contributed by atoms with E-state index in [0.717, 1.165) is 35.2 Å².